The van der Waals surface area contributed by atoms with Gasteiger partial charge in [0.05, 0.1) is 6.61 Å². The van der Waals surface area contributed by atoms with Gasteiger partial charge in [-0.2, -0.15) is 0 Å². The van der Waals surface area contributed by atoms with E-state index in [2.05, 4.69) is 18.0 Å². The number of rotatable bonds is 26. The Hall–Kier alpha value is 0.870. The van der Waals surface area contributed by atoms with Crippen molar-refractivity contribution in [3.8, 4) is 0 Å². The summed E-state index contributed by atoms with van der Waals surface area (Å²) < 4.78 is 36.9. The molecule has 0 aliphatic heterocycles. The molecule has 0 aromatic carbocycles. The van der Waals surface area contributed by atoms with E-state index in [1.807, 2.05) is 0 Å². The molecular weight excluding hydrogens is 443 g/mol. The van der Waals surface area contributed by atoms with E-state index in [9.17, 15) is 13.0 Å². The van der Waals surface area contributed by atoms with E-state index in [4.69, 9.17) is 0 Å². The van der Waals surface area contributed by atoms with Gasteiger partial charge < -0.3 is 4.55 Å². The molecule has 0 aliphatic carbocycles. The fourth-order valence-corrected chi connectivity index (χ4v) is 4.87. The Labute approximate surface area is 230 Å². The van der Waals surface area contributed by atoms with Crippen LogP contribution in [0.1, 0.15) is 162 Å². The molecule has 1 unspecified atom stereocenters. The Kier molecular flexibility index (Phi) is 30.0. The molecule has 0 aliphatic rings. The molecule has 0 N–H and O–H groups in total. The quantitative estimate of drug-likeness (QED) is 0.0626. The van der Waals surface area contributed by atoms with Crippen LogP contribution in [0.2, 0.25) is 0 Å². The minimum Gasteiger partial charge on any atom is -0.726 e. The molecule has 0 heterocycles. The van der Waals surface area contributed by atoms with Crippen molar-refractivity contribution in [2.24, 2.45) is 5.92 Å². The second-order valence-electron chi connectivity index (χ2n) is 9.85. The molecule has 0 aromatic rings. The molecule has 0 saturated carbocycles. The summed E-state index contributed by atoms with van der Waals surface area (Å²) in [6.07, 6.45) is 29.7. The van der Waals surface area contributed by atoms with Crippen LogP contribution in [-0.2, 0) is 14.6 Å². The maximum atomic E-state index is 10.8. The molecule has 33 heavy (non-hydrogen) atoms. The van der Waals surface area contributed by atoms with Crippen molar-refractivity contribution in [3.63, 3.8) is 0 Å². The van der Waals surface area contributed by atoms with Gasteiger partial charge in [0.15, 0.2) is 0 Å². The molecule has 6 heteroatoms. The summed E-state index contributed by atoms with van der Waals surface area (Å²) >= 11 is 0. The van der Waals surface area contributed by atoms with Gasteiger partial charge >= 0.3 is 29.6 Å². The smallest absolute Gasteiger partial charge is 0.726 e. The first-order valence-electron chi connectivity index (χ1n) is 14.1. The minimum atomic E-state index is -4.57. The number of hydrogen-bond acceptors (Lipinski definition) is 4. The van der Waals surface area contributed by atoms with Gasteiger partial charge in [-0.05, 0) is 18.8 Å². The van der Waals surface area contributed by atoms with Gasteiger partial charge in [-0.15, -0.1) is 0 Å². The Bertz CT molecular complexity index is 471. The summed E-state index contributed by atoms with van der Waals surface area (Å²) in [5.74, 6) is 0.201. The van der Waals surface area contributed by atoms with Crippen molar-refractivity contribution in [1.29, 1.82) is 0 Å². The standard InChI is InChI=1S/C27H56O4S.Na/c1-3-5-7-9-10-11-12-13-14-15-16-17-18-19-20-21-23-25-27(24-22-8-6-4-2)26-31-32(28,29)30;/h27H,3-26H2,1-2H3,(H,28,29,30);/q;+1/p-1. The number of hydrogen-bond donors (Lipinski definition) is 0. The summed E-state index contributed by atoms with van der Waals surface area (Å²) in [7, 11) is -4.57. The van der Waals surface area contributed by atoms with Crippen molar-refractivity contribution < 1.29 is 46.7 Å². The van der Waals surface area contributed by atoms with Crippen LogP contribution in [0.25, 0.3) is 0 Å². The molecule has 0 bridgehead atoms. The molecule has 4 nitrogen and oxygen atoms in total. The molecule has 0 amide bonds. The van der Waals surface area contributed by atoms with Gasteiger partial charge in [-0.1, -0.05) is 149 Å². The van der Waals surface area contributed by atoms with Gasteiger partial charge in [0.25, 0.3) is 0 Å². The third kappa shape index (κ3) is 30.8. The molecule has 0 radical (unpaired) electrons. The SMILES string of the molecule is CCCCCCCCCCCCCCCCCCCC(CCCCCC)COS(=O)(=O)[O-].[Na+]. The van der Waals surface area contributed by atoms with Crippen LogP contribution in [0.15, 0.2) is 0 Å². The fourth-order valence-electron chi connectivity index (χ4n) is 4.51. The van der Waals surface area contributed by atoms with Gasteiger partial charge in [0.2, 0.25) is 10.4 Å². The summed E-state index contributed by atoms with van der Waals surface area (Å²) in [5.41, 5.74) is 0. The van der Waals surface area contributed by atoms with Crippen molar-refractivity contribution in [2.45, 2.75) is 162 Å². The zero-order valence-corrected chi connectivity index (χ0v) is 25.4. The van der Waals surface area contributed by atoms with Crippen LogP contribution in [0.3, 0.4) is 0 Å². The molecular formula is C27H55NaO4S. The van der Waals surface area contributed by atoms with Crippen LogP contribution in [0.5, 0.6) is 0 Å². The first-order valence-corrected chi connectivity index (χ1v) is 15.4. The van der Waals surface area contributed by atoms with E-state index >= 15 is 0 Å². The van der Waals surface area contributed by atoms with Crippen LogP contribution >= 0.6 is 0 Å². The normalized spacial score (nSPS) is 12.6. The zero-order chi connectivity index (χ0) is 23.8. The first-order chi connectivity index (χ1) is 15.5. The average Bonchev–Trinajstić information content (AvgIpc) is 2.75. The van der Waals surface area contributed by atoms with Gasteiger partial charge in [-0.25, -0.2) is 8.42 Å². The van der Waals surface area contributed by atoms with Crippen LogP contribution in [0, 0.1) is 5.92 Å². The molecule has 194 valence electrons. The van der Waals surface area contributed by atoms with E-state index in [1.165, 1.54) is 122 Å². The van der Waals surface area contributed by atoms with E-state index in [-0.39, 0.29) is 42.1 Å². The van der Waals surface area contributed by atoms with Gasteiger partial charge in [0, 0.05) is 0 Å². The molecule has 0 spiro atoms. The minimum absolute atomic E-state index is 0. The Morgan fingerprint density at radius 1 is 0.545 bits per heavy atom. The largest absolute Gasteiger partial charge is 1.00 e. The maximum Gasteiger partial charge on any atom is 1.00 e. The zero-order valence-electron chi connectivity index (χ0n) is 22.6. The molecule has 1 atom stereocenters. The fraction of sp³-hybridized carbons (Fsp3) is 1.00. The predicted molar refractivity (Wildman–Crippen MR) is 137 cm³/mol. The third-order valence-corrected chi connectivity index (χ3v) is 7.05. The molecule has 0 aromatic heterocycles. The van der Waals surface area contributed by atoms with E-state index < -0.39 is 10.4 Å². The van der Waals surface area contributed by atoms with Crippen molar-refractivity contribution in [2.75, 3.05) is 6.61 Å². The Morgan fingerprint density at radius 2 is 0.818 bits per heavy atom. The average molecular weight is 499 g/mol. The number of unbranched alkanes of at least 4 members (excludes halogenated alkanes) is 19. The van der Waals surface area contributed by atoms with Crippen LogP contribution in [-0.4, -0.2) is 19.6 Å². The monoisotopic (exact) mass is 498 g/mol. The van der Waals surface area contributed by atoms with E-state index in [0.717, 1.165) is 25.7 Å². The first kappa shape index (κ1) is 36.0. The molecule has 0 saturated heterocycles. The van der Waals surface area contributed by atoms with Crippen LogP contribution in [0.4, 0.5) is 0 Å². The van der Waals surface area contributed by atoms with Gasteiger partial charge in [0.1, 0.15) is 0 Å². The second-order valence-corrected chi connectivity index (χ2v) is 10.9. The molecule has 0 fully saturated rings. The van der Waals surface area contributed by atoms with E-state index in [0.29, 0.717) is 0 Å². The Balaban J connectivity index is 0. The third-order valence-electron chi connectivity index (χ3n) is 6.63. The van der Waals surface area contributed by atoms with Crippen molar-refractivity contribution in [3.05, 3.63) is 0 Å². The van der Waals surface area contributed by atoms with Crippen molar-refractivity contribution in [1.82, 2.24) is 0 Å². The summed E-state index contributed by atoms with van der Waals surface area (Å²) in [4.78, 5) is 0. The summed E-state index contributed by atoms with van der Waals surface area (Å²) in [5, 5.41) is 0. The van der Waals surface area contributed by atoms with Gasteiger partial charge in [-0.3, -0.25) is 4.18 Å². The predicted octanol–water partition coefficient (Wildman–Crippen LogP) is 6.10. The summed E-state index contributed by atoms with van der Waals surface area (Å²) in [6, 6.07) is 0. The van der Waals surface area contributed by atoms with Crippen LogP contribution < -0.4 is 29.6 Å². The topological polar surface area (TPSA) is 66.4 Å². The Morgan fingerprint density at radius 3 is 1.12 bits per heavy atom. The maximum absolute atomic E-state index is 10.8. The molecule has 0 rings (SSSR count). The summed E-state index contributed by atoms with van der Waals surface area (Å²) in [6.45, 7) is 4.53. The van der Waals surface area contributed by atoms with E-state index in [1.54, 1.807) is 0 Å². The second kappa shape index (κ2) is 27.5. The van der Waals surface area contributed by atoms with Crippen molar-refractivity contribution >= 4 is 10.4 Å².